The molecule has 0 aromatic heterocycles. The standard InChI is InChI=1S/C14H16N2O4/c17-12(10-13(18)19)15-6-8-16(9-7-15)14(20)11-4-2-1-3-5-11/h1-5H,6-10H2,(H,18,19). The summed E-state index contributed by atoms with van der Waals surface area (Å²) in [5.41, 5.74) is 0.623. The number of carboxylic acids is 1. The smallest absolute Gasteiger partial charge is 0.312 e. The number of aliphatic carboxylic acids is 1. The van der Waals surface area contributed by atoms with Gasteiger partial charge in [0.25, 0.3) is 5.91 Å². The minimum Gasteiger partial charge on any atom is -0.481 e. The number of hydrogen-bond donors (Lipinski definition) is 1. The number of piperazine rings is 1. The van der Waals surface area contributed by atoms with Crippen LogP contribution in [0.15, 0.2) is 30.3 Å². The Balaban J connectivity index is 1.90. The van der Waals surface area contributed by atoms with Crippen LogP contribution in [0, 0.1) is 0 Å². The van der Waals surface area contributed by atoms with Crippen LogP contribution in [0.4, 0.5) is 0 Å². The quantitative estimate of drug-likeness (QED) is 0.813. The molecule has 2 rings (SSSR count). The van der Waals surface area contributed by atoms with Gasteiger partial charge < -0.3 is 14.9 Å². The van der Waals surface area contributed by atoms with Gasteiger partial charge in [0.2, 0.25) is 5.91 Å². The molecule has 1 aliphatic heterocycles. The van der Waals surface area contributed by atoms with Gasteiger partial charge >= 0.3 is 5.97 Å². The Morgan fingerprint density at radius 2 is 1.50 bits per heavy atom. The number of benzene rings is 1. The molecule has 0 aliphatic carbocycles. The molecule has 1 heterocycles. The van der Waals surface area contributed by atoms with Crippen molar-refractivity contribution in [1.29, 1.82) is 0 Å². The van der Waals surface area contributed by atoms with E-state index in [1.54, 1.807) is 29.2 Å². The highest BCUT2D eigenvalue weighted by atomic mass is 16.4. The fraction of sp³-hybridized carbons (Fsp3) is 0.357. The van der Waals surface area contributed by atoms with Gasteiger partial charge in [-0.05, 0) is 12.1 Å². The molecule has 1 fully saturated rings. The van der Waals surface area contributed by atoms with Crippen molar-refractivity contribution in [2.75, 3.05) is 26.2 Å². The Kier molecular flexibility index (Phi) is 4.34. The van der Waals surface area contributed by atoms with Gasteiger partial charge in [0.1, 0.15) is 6.42 Å². The van der Waals surface area contributed by atoms with Crippen molar-refractivity contribution in [1.82, 2.24) is 9.80 Å². The molecule has 0 atom stereocenters. The highest BCUT2D eigenvalue weighted by Gasteiger charge is 2.25. The summed E-state index contributed by atoms with van der Waals surface area (Å²) in [6.07, 6.45) is -0.493. The first-order valence-corrected chi connectivity index (χ1v) is 6.42. The van der Waals surface area contributed by atoms with Crippen LogP contribution in [0.5, 0.6) is 0 Å². The summed E-state index contributed by atoms with van der Waals surface area (Å²) in [5, 5.41) is 8.59. The minimum atomic E-state index is -1.13. The Bertz CT molecular complexity index is 507. The third-order valence-corrected chi connectivity index (χ3v) is 3.24. The van der Waals surface area contributed by atoms with Crippen molar-refractivity contribution in [2.24, 2.45) is 0 Å². The summed E-state index contributed by atoms with van der Waals surface area (Å²) >= 11 is 0. The van der Waals surface area contributed by atoms with Gasteiger partial charge in [-0.15, -0.1) is 0 Å². The van der Waals surface area contributed by atoms with E-state index in [1.165, 1.54) is 4.90 Å². The van der Waals surface area contributed by atoms with Crippen molar-refractivity contribution in [3.05, 3.63) is 35.9 Å². The Labute approximate surface area is 116 Å². The lowest BCUT2D eigenvalue weighted by atomic mass is 10.2. The second-order valence-electron chi connectivity index (χ2n) is 4.61. The highest BCUT2D eigenvalue weighted by Crippen LogP contribution is 2.09. The average Bonchev–Trinajstić information content (AvgIpc) is 2.47. The van der Waals surface area contributed by atoms with E-state index in [0.717, 1.165) is 0 Å². The predicted molar refractivity (Wildman–Crippen MR) is 71.2 cm³/mol. The number of carboxylic acid groups (broad SMARTS) is 1. The number of hydrogen-bond acceptors (Lipinski definition) is 3. The van der Waals surface area contributed by atoms with E-state index >= 15 is 0 Å². The molecule has 0 saturated carbocycles. The van der Waals surface area contributed by atoms with E-state index in [1.807, 2.05) is 6.07 Å². The molecular formula is C14H16N2O4. The van der Waals surface area contributed by atoms with Crippen LogP contribution in [0.1, 0.15) is 16.8 Å². The highest BCUT2D eigenvalue weighted by molar-refractivity contribution is 5.95. The molecule has 1 saturated heterocycles. The zero-order valence-electron chi connectivity index (χ0n) is 11.0. The molecule has 1 aliphatic rings. The first-order chi connectivity index (χ1) is 9.58. The molecule has 6 nitrogen and oxygen atoms in total. The third kappa shape index (κ3) is 3.34. The molecule has 0 unspecified atom stereocenters. The topological polar surface area (TPSA) is 77.9 Å². The fourth-order valence-electron chi connectivity index (χ4n) is 2.16. The van der Waals surface area contributed by atoms with Gasteiger partial charge in [0, 0.05) is 31.7 Å². The molecule has 1 aromatic rings. The van der Waals surface area contributed by atoms with Crippen LogP contribution in [-0.2, 0) is 9.59 Å². The second-order valence-corrected chi connectivity index (χ2v) is 4.61. The van der Waals surface area contributed by atoms with E-state index in [9.17, 15) is 14.4 Å². The third-order valence-electron chi connectivity index (χ3n) is 3.24. The van der Waals surface area contributed by atoms with Gasteiger partial charge in [-0.25, -0.2) is 0 Å². The number of rotatable bonds is 3. The molecule has 6 heteroatoms. The SMILES string of the molecule is O=C(O)CC(=O)N1CCN(C(=O)c2ccccc2)CC1. The maximum absolute atomic E-state index is 12.2. The lowest BCUT2D eigenvalue weighted by molar-refractivity contribution is -0.144. The van der Waals surface area contributed by atoms with Crippen LogP contribution in [-0.4, -0.2) is 58.9 Å². The van der Waals surface area contributed by atoms with Crippen LogP contribution >= 0.6 is 0 Å². The van der Waals surface area contributed by atoms with E-state index in [-0.39, 0.29) is 5.91 Å². The molecule has 0 bridgehead atoms. The van der Waals surface area contributed by atoms with Crippen molar-refractivity contribution in [3.63, 3.8) is 0 Å². The number of carbonyl (C=O) groups is 3. The van der Waals surface area contributed by atoms with Gasteiger partial charge in [0.05, 0.1) is 0 Å². The Hall–Kier alpha value is -2.37. The van der Waals surface area contributed by atoms with Crippen molar-refractivity contribution >= 4 is 17.8 Å². The first-order valence-electron chi connectivity index (χ1n) is 6.42. The summed E-state index contributed by atoms with van der Waals surface area (Å²) in [6.45, 7) is 1.62. The Morgan fingerprint density at radius 1 is 0.950 bits per heavy atom. The van der Waals surface area contributed by atoms with E-state index in [0.29, 0.717) is 31.7 Å². The van der Waals surface area contributed by atoms with Crippen LogP contribution in [0.2, 0.25) is 0 Å². The number of nitrogens with zero attached hydrogens (tertiary/aromatic N) is 2. The molecule has 0 radical (unpaired) electrons. The zero-order valence-corrected chi connectivity index (χ0v) is 11.0. The lowest BCUT2D eigenvalue weighted by Gasteiger charge is -2.34. The summed E-state index contributed by atoms with van der Waals surface area (Å²) in [7, 11) is 0. The maximum atomic E-state index is 12.2. The maximum Gasteiger partial charge on any atom is 0.312 e. The van der Waals surface area contributed by atoms with E-state index in [2.05, 4.69) is 0 Å². The van der Waals surface area contributed by atoms with Crippen molar-refractivity contribution < 1.29 is 19.5 Å². The van der Waals surface area contributed by atoms with Crippen LogP contribution in [0.3, 0.4) is 0 Å². The monoisotopic (exact) mass is 276 g/mol. The molecule has 106 valence electrons. The summed E-state index contributed by atoms with van der Waals surface area (Å²) in [6, 6.07) is 8.97. The number of amides is 2. The summed E-state index contributed by atoms with van der Waals surface area (Å²) in [5.74, 6) is -1.59. The van der Waals surface area contributed by atoms with Crippen molar-refractivity contribution in [3.8, 4) is 0 Å². The summed E-state index contributed by atoms with van der Waals surface area (Å²) < 4.78 is 0. The van der Waals surface area contributed by atoms with Crippen LogP contribution in [0.25, 0.3) is 0 Å². The van der Waals surface area contributed by atoms with Gasteiger partial charge in [-0.2, -0.15) is 0 Å². The lowest BCUT2D eigenvalue weighted by Crippen LogP contribution is -2.50. The van der Waals surface area contributed by atoms with E-state index in [4.69, 9.17) is 5.11 Å². The summed E-state index contributed by atoms with van der Waals surface area (Å²) in [4.78, 5) is 37.4. The number of carbonyl (C=O) groups excluding carboxylic acids is 2. The zero-order chi connectivity index (χ0) is 14.5. The first kappa shape index (κ1) is 14.0. The van der Waals surface area contributed by atoms with Crippen molar-refractivity contribution in [2.45, 2.75) is 6.42 Å². The van der Waals surface area contributed by atoms with Gasteiger partial charge in [0.15, 0.2) is 0 Å². The van der Waals surface area contributed by atoms with Crippen LogP contribution < -0.4 is 0 Å². The Morgan fingerprint density at radius 3 is 2.05 bits per heavy atom. The second kappa shape index (κ2) is 6.18. The molecular weight excluding hydrogens is 260 g/mol. The van der Waals surface area contributed by atoms with E-state index < -0.39 is 18.3 Å². The minimum absolute atomic E-state index is 0.0593. The molecule has 2 amide bonds. The average molecular weight is 276 g/mol. The van der Waals surface area contributed by atoms with Gasteiger partial charge in [-0.3, -0.25) is 14.4 Å². The molecule has 0 spiro atoms. The molecule has 1 aromatic carbocycles. The van der Waals surface area contributed by atoms with Gasteiger partial charge in [-0.1, -0.05) is 18.2 Å². The fourth-order valence-corrected chi connectivity index (χ4v) is 2.16. The largest absolute Gasteiger partial charge is 0.481 e. The normalized spacial score (nSPS) is 15.0. The molecule has 1 N–H and O–H groups in total. The molecule has 20 heavy (non-hydrogen) atoms. The predicted octanol–water partition coefficient (Wildman–Crippen LogP) is 0.446.